The van der Waals surface area contributed by atoms with E-state index in [1.54, 1.807) is 24.3 Å². The summed E-state index contributed by atoms with van der Waals surface area (Å²) in [4.78, 5) is 49.7. The second kappa shape index (κ2) is 12.5. The van der Waals surface area contributed by atoms with Crippen molar-refractivity contribution in [2.75, 3.05) is 18.5 Å². The number of benzene rings is 3. The number of ether oxygens (including phenoxy) is 2. The van der Waals surface area contributed by atoms with Crippen LogP contribution in [-0.2, 0) is 16.1 Å². The minimum Gasteiger partial charge on any atom is -0.490 e. The van der Waals surface area contributed by atoms with E-state index in [2.05, 4.69) is 5.32 Å². The van der Waals surface area contributed by atoms with Crippen molar-refractivity contribution >= 4 is 46.3 Å². The van der Waals surface area contributed by atoms with Crippen molar-refractivity contribution in [3.8, 4) is 11.5 Å². The van der Waals surface area contributed by atoms with Crippen LogP contribution in [0.5, 0.6) is 11.5 Å². The van der Waals surface area contributed by atoms with Crippen LogP contribution in [0.2, 0.25) is 0 Å². The predicted octanol–water partition coefficient (Wildman–Crippen LogP) is 5.86. The molecule has 1 heterocycles. The molecule has 40 heavy (non-hydrogen) atoms. The maximum Gasteiger partial charge on any atom is 0.293 e. The molecule has 206 valence electrons. The highest BCUT2D eigenvalue weighted by Gasteiger charge is 2.35. The fourth-order valence-electron chi connectivity index (χ4n) is 3.90. The lowest BCUT2D eigenvalue weighted by Gasteiger charge is -2.14. The van der Waals surface area contributed by atoms with E-state index < -0.39 is 16.1 Å². The van der Waals surface area contributed by atoms with Gasteiger partial charge in [-0.25, -0.2) is 0 Å². The molecule has 1 saturated heterocycles. The van der Waals surface area contributed by atoms with E-state index >= 15 is 0 Å². The molecule has 0 saturated carbocycles. The van der Waals surface area contributed by atoms with E-state index in [0.717, 1.165) is 33.5 Å². The zero-order valence-electron chi connectivity index (χ0n) is 22.1. The maximum absolute atomic E-state index is 13.0. The Balaban J connectivity index is 1.44. The van der Waals surface area contributed by atoms with Crippen molar-refractivity contribution in [2.45, 2.75) is 27.3 Å². The number of hydrogen-bond donors (Lipinski definition) is 1. The van der Waals surface area contributed by atoms with E-state index in [4.69, 9.17) is 9.47 Å². The van der Waals surface area contributed by atoms with Gasteiger partial charge in [-0.1, -0.05) is 30.3 Å². The monoisotopic (exact) mass is 561 g/mol. The molecule has 0 atom stereocenters. The number of nitro benzene ring substituents is 1. The molecule has 4 rings (SSSR count). The molecule has 3 aromatic rings. The minimum absolute atomic E-state index is 0.00110. The smallest absolute Gasteiger partial charge is 0.293 e. The van der Waals surface area contributed by atoms with Gasteiger partial charge in [0, 0.05) is 17.8 Å². The minimum atomic E-state index is -0.513. The predicted molar refractivity (Wildman–Crippen MR) is 152 cm³/mol. The molecule has 1 aliphatic heterocycles. The number of imide groups is 1. The Bertz CT molecular complexity index is 1500. The van der Waals surface area contributed by atoms with Gasteiger partial charge >= 0.3 is 0 Å². The number of aryl methyl sites for hydroxylation is 2. The van der Waals surface area contributed by atoms with Gasteiger partial charge in [0.2, 0.25) is 0 Å². The molecule has 0 aromatic heterocycles. The lowest BCUT2D eigenvalue weighted by atomic mass is 10.1. The Morgan fingerprint density at radius 3 is 2.48 bits per heavy atom. The van der Waals surface area contributed by atoms with Crippen molar-refractivity contribution < 1.29 is 28.8 Å². The number of thioether (sulfide) groups is 1. The fraction of sp³-hybridized carbons (Fsp3) is 0.207. The zero-order valence-corrected chi connectivity index (χ0v) is 22.9. The summed E-state index contributed by atoms with van der Waals surface area (Å²) in [5.41, 5.74) is 3.82. The third-order valence-corrected chi connectivity index (χ3v) is 6.86. The number of non-ortho nitro benzene ring substituents is 1. The van der Waals surface area contributed by atoms with Gasteiger partial charge in [-0.15, -0.1) is 0 Å². The number of rotatable bonds is 10. The van der Waals surface area contributed by atoms with Crippen LogP contribution in [0.25, 0.3) is 6.08 Å². The van der Waals surface area contributed by atoms with Gasteiger partial charge in [0.1, 0.15) is 0 Å². The number of nitro groups is 1. The Hall–Kier alpha value is -4.64. The van der Waals surface area contributed by atoms with Gasteiger partial charge < -0.3 is 14.8 Å². The first-order valence-corrected chi connectivity index (χ1v) is 13.2. The topological polar surface area (TPSA) is 128 Å². The number of hydrogen-bond acceptors (Lipinski definition) is 8. The van der Waals surface area contributed by atoms with Crippen LogP contribution in [-0.4, -0.2) is 40.1 Å². The molecule has 1 N–H and O–H groups in total. The molecular formula is C29H27N3O7S. The number of nitrogens with zero attached hydrogens (tertiary/aromatic N) is 2. The van der Waals surface area contributed by atoms with E-state index in [9.17, 15) is 24.5 Å². The van der Waals surface area contributed by atoms with Crippen LogP contribution < -0.4 is 14.8 Å². The average molecular weight is 562 g/mol. The van der Waals surface area contributed by atoms with Crippen LogP contribution in [0.1, 0.15) is 29.2 Å². The van der Waals surface area contributed by atoms with E-state index in [-0.39, 0.29) is 29.7 Å². The summed E-state index contributed by atoms with van der Waals surface area (Å²) in [6, 6.07) is 16.5. The SMILES string of the molecule is CCOc1cc(/C=C2\SC(=O)N(Cc3ccc([N+](=O)[O-])cc3)C2=O)ccc1OCC(=O)Nc1cc(C)ccc1C. The standard InChI is InChI=1S/C29H27N3O7S/c1-4-38-25-14-21(9-12-24(25)39-17-27(33)30-23-13-18(2)5-6-19(23)3)15-26-28(34)31(29(35)40-26)16-20-7-10-22(11-8-20)32(36)37/h5-15H,4,16-17H2,1-3H3,(H,30,33)/b26-15-. The van der Waals surface area contributed by atoms with Crippen molar-refractivity contribution in [1.82, 2.24) is 4.90 Å². The van der Waals surface area contributed by atoms with Crippen molar-refractivity contribution in [3.05, 3.63) is 97.9 Å². The van der Waals surface area contributed by atoms with E-state index in [0.29, 0.717) is 29.2 Å². The highest BCUT2D eigenvalue weighted by Crippen LogP contribution is 2.35. The first-order valence-electron chi connectivity index (χ1n) is 12.4. The van der Waals surface area contributed by atoms with Crippen LogP contribution in [0.3, 0.4) is 0 Å². The third-order valence-electron chi connectivity index (χ3n) is 5.95. The van der Waals surface area contributed by atoms with Gasteiger partial charge in [0.25, 0.3) is 22.7 Å². The summed E-state index contributed by atoms with van der Waals surface area (Å²) < 4.78 is 11.4. The first kappa shape index (κ1) is 28.4. The Morgan fingerprint density at radius 1 is 1.02 bits per heavy atom. The molecule has 0 radical (unpaired) electrons. The summed E-state index contributed by atoms with van der Waals surface area (Å²) >= 11 is 0.810. The fourth-order valence-corrected chi connectivity index (χ4v) is 4.73. The summed E-state index contributed by atoms with van der Waals surface area (Å²) in [6.45, 7) is 5.79. The van der Waals surface area contributed by atoms with Crippen LogP contribution in [0, 0.1) is 24.0 Å². The molecule has 3 amide bonds. The zero-order chi connectivity index (χ0) is 28.8. The molecule has 0 spiro atoms. The summed E-state index contributed by atoms with van der Waals surface area (Å²) in [5.74, 6) is -0.0287. The van der Waals surface area contributed by atoms with Gasteiger partial charge in [0.15, 0.2) is 18.1 Å². The Labute approximate surface area is 235 Å². The van der Waals surface area contributed by atoms with Crippen molar-refractivity contribution in [3.63, 3.8) is 0 Å². The molecule has 0 unspecified atom stereocenters. The van der Waals surface area contributed by atoms with Crippen LogP contribution >= 0.6 is 11.8 Å². The Morgan fingerprint density at radius 2 is 1.77 bits per heavy atom. The second-order valence-electron chi connectivity index (χ2n) is 8.99. The largest absolute Gasteiger partial charge is 0.490 e. The number of carbonyl (C=O) groups is 3. The molecule has 0 aliphatic carbocycles. The van der Waals surface area contributed by atoms with Crippen molar-refractivity contribution in [2.24, 2.45) is 0 Å². The lowest BCUT2D eigenvalue weighted by molar-refractivity contribution is -0.384. The quantitative estimate of drug-likeness (QED) is 0.185. The molecule has 0 bridgehead atoms. The average Bonchev–Trinajstić information content (AvgIpc) is 3.18. The highest BCUT2D eigenvalue weighted by molar-refractivity contribution is 8.18. The van der Waals surface area contributed by atoms with Crippen LogP contribution in [0.4, 0.5) is 16.2 Å². The van der Waals surface area contributed by atoms with Crippen molar-refractivity contribution in [1.29, 1.82) is 0 Å². The maximum atomic E-state index is 13.0. The molecule has 10 nitrogen and oxygen atoms in total. The molecular weight excluding hydrogens is 534 g/mol. The lowest BCUT2D eigenvalue weighted by Crippen LogP contribution is -2.27. The van der Waals surface area contributed by atoms with Crippen LogP contribution in [0.15, 0.2) is 65.6 Å². The third kappa shape index (κ3) is 6.86. The first-order chi connectivity index (χ1) is 19.1. The molecule has 1 aliphatic rings. The molecule has 3 aromatic carbocycles. The second-order valence-corrected chi connectivity index (χ2v) is 9.98. The number of carbonyl (C=O) groups excluding carboxylic acids is 3. The van der Waals surface area contributed by atoms with Gasteiger partial charge in [0.05, 0.1) is 23.0 Å². The summed E-state index contributed by atoms with van der Waals surface area (Å²) in [5, 5.41) is 13.3. The number of nitrogens with one attached hydrogen (secondary N) is 1. The number of anilines is 1. The number of amides is 3. The highest BCUT2D eigenvalue weighted by atomic mass is 32.2. The van der Waals surface area contributed by atoms with Gasteiger partial charge in [-0.05, 0) is 79.1 Å². The Kier molecular flexibility index (Phi) is 8.85. The normalized spacial score (nSPS) is 14.0. The molecule has 11 heteroatoms. The van der Waals surface area contributed by atoms with E-state index in [1.165, 1.54) is 24.3 Å². The molecule has 1 fully saturated rings. The summed E-state index contributed by atoms with van der Waals surface area (Å²) in [6.07, 6.45) is 1.58. The van der Waals surface area contributed by atoms with Gasteiger partial charge in [-0.2, -0.15) is 0 Å². The summed E-state index contributed by atoms with van der Waals surface area (Å²) in [7, 11) is 0. The van der Waals surface area contributed by atoms with Gasteiger partial charge in [-0.3, -0.25) is 29.4 Å². The van der Waals surface area contributed by atoms with E-state index in [1.807, 2.05) is 39.0 Å².